The molecule has 14 rings (SSSR count). The standard InChI is InChI=1S/C64H40N2O/c1-2-17-41(18-3-1)42-33-35-43(36-34-42)61-49-23-6-14-31-58(49)65-62(66-61)46-20-16-19-44(39-46)45-37-38-57-60(40-45)67-59-32-15-13-30-56(59)64(57)54-28-11-9-26-52(54)63(53-27-10-12-29-55(53)64)50-24-7-4-21-47(50)48-22-5-8-25-51(48)63/h1-40H. The molecule has 0 radical (unpaired) electrons. The minimum Gasteiger partial charge on any atom is -0.457 e. The molecule has 11 aromatic rings. The van der Waals surface area contributed by atoms with E-state index < -0.39 is 10.8 Å². The molecule has 3 aliphatic rings. The molecule has 0 amide bonds. The molecule has 2 heterocycles. The minimum atomic E-state index is -0.663. The van der Waals surface area contributed by atoms with Gasteiger partial charge in [-0.2, -0.15) is 0 Å². The highest BCUT2D eigenvalue weighted by Gasteiger charge is 2.58. The lowest BCUT2D eigenvalue weighted by Crippen LogP contribution is -2.45. The highest BCUT2D eigenvalue weighted by molar-refractivity contribution is 5.95. The molecule has 67 heavy (non-hydrogen) atoms. The highest BCUT2D eigenvalue weighted by atomic mass is 16.5. The van der Waals surface area contributed by atoms with Crippen LogP contribution in [0.3, 0.4) is 0 Å². The van der Waals surface area contributed by atoms with Gasteiger partial charge in [0.05, 0.1) is 22.0 Å². The van der Waals surface area contributed by atoms with Gasteiger partial charge >= 0.3 is 0 Å². The summed E-state index contributed by atoms with van der Waals surface area (Å²) < 4.78 is 7.07. The zero-order valence-corrected chi connectivity index (χ0v) is 36.4. The number of aromatic nitrogens is 2. The third-order valence-corrected chi connectivity index (χ3v) is 14.6. The zero-order valence-electron chi connectivity index (χ0n) is 36.4. The molecule has 0 atom stereocenters. The van der Waals surface area contributed by atoms with Gasteiger partial charge < -0.3 is 4.74 Å². The minimum absolute atomic E-state index is 0.504. The molecular formula is C64H40N2O. The van der Waals surface area contributed by atoms with Crippen LogP contribution in [0.2, 0.25) is 0 Å². The van der Waals surface area contributed by atoms with E-state index in [1.165, 1.54) is 55.6 Å². The normalized spacial score (nSPS) is 14.0. The van der Waals surface area contributed by atoms with Crippen molar-refractivity contribution in [1.29, 1.82) is 0 Å². The third-order valence-electron chi connectivity index (χ3n) is 14.6. The van der Waals surface area contributed by atoms with Crippen LogP contribution in [0.25, 0.3) is 66.9 Å². The van der Waals surface area contributed by atoms with Gasteiger partial charge in [-0.25, -0.2) is 9.97 Å². The van der Waals surface area contributed by atoms with Gasteiger partial charge in [-0.05, 0) is 91.0 Å². The fourth-order valence-corrected chi connectivity index (χ4v) is 11.9. The lowest BCUT2D eigenvalue weighted by molar-refractivity contribution is 0.429. The van der Waals surface area contributed by atoms with Gasteiger partial charge in [0, 0.05) is 27.6 Å². The maximum atomic E-state index is 7.07. The second-order valence-electron chi connectivity index (χ2n) is 17.9. The van der Waals surface area contributed by atoms with Crippen molar-refractivity contribution < 1.29 is 4.74 Å². The van der Waals surface area contributed by atoms with Crippen LogP contribution >= 0.6 is 0 Å². The van der Waals surface area contributed by atoms with Crippen LogP contribution in [-0.4, -0.2) is 9.97 Å². The molecule has 0 saturated carbocycles. The molecule has 10 aromatic carbocycles. The Balaban J connectivity index is 0.931. The van der Waals surface area contributed by atoms with Crippen molar-refractivity contribution in [2.75, 3.05) is 0 Å². The molecule has 2 spiro atoms. The van der Waals surface area contributed by atoms with E-state index in [-0.39, 0.29) is 0 Å². The number of rotatable bonds is 4. The second-order valence-corrected chi connectivity index (χ2v) is 17.9. The van der Waals surface area contributed by atoms with E-state index in [2.05, 4.69) is 231 Å². The first-order valence-corrected chi connectivity index (χ1v) is 23.1. The summed E-state index contributed by atoms with van der Waals surface area (Å²) in [6, 6.07) is 88.0. The number of ether oxygens (including phenoxy) is 1. The molecule has 0 bridgehead atoms. The molecule has 312 valence electrons. The highest BCUT2D eigenvalue weighted by Crippen LogP contribution is 2.67. The lowest BCUT2D eigenvalue weighted by Gasteiger charge is -2.51. The maximum absolute atomic E-state index is 7.07. The SMILES string of the molecule is c1ccc(-c2ccc(-c3nc(-c4cccc(-c5ccc6c(c5)Oc5ccccc5C65c6ccccc6C6(c7ccccc7-c7ccccc76)c6ccccc65)c4)nc4ccccc34)cc2)cc1. The van der Waals surface area contributed by atoms with Crippen LogP contribution in [0.4, 0.5) is 0 Å². The molecule has 0 saturated heterocycles. The van der Waals surface area contributed by atoms with Crippen molar-refractivity contribution in [2.45, 2.75) is 10.8 Å². The van der Waals surface area contributed by atoms with E-state index in [0.717, 1.165) is 61.5 Å². The quantitative estimate of drug-likeness (QED) is 0.177. The fourth-order valence-electron chi connectivity index (χ4n) is 11.9. The molecule has 2 aliphatic carbocycles. The van der Waals surface area contributed by atoms with Gasteiger partial charge in [0.1, 0.15) is 11.5 Å². The predicted molar refractivity (Wildman–Crippen MR) is 271 cm³/mol. The van der Waals surface area contributed by atoms with Crippen molar-refractivity contribution in [3.8, 4) is 67.5 Å². The summed E-state index contributed by atoms with van der Waals surface area (Å²) in [5.74, 6) is 2.39. The van der Waals surface area contributed by atoms with Gasteiger partial charge in [-0.3, -0.25) is 0 Å². The van der Waals surface area contributed by atoms with Crippen LogP contribution in [0, 0.1) is 0 Å². The van der Waals surface area contributed by atoms with E-state index in [4.69, 9.17) is 14.7 Å². The van der Waals surface area contributed by atoms with Crippen LogP contribution in [0.1, 0.15) is 44.5 Å². The number of nitrogens with zero attached hydrogens (tertiary/aromatic N) is 2. The second kappa shape index (κ2) is 14.4. The Morgan fingerprint density at radius 1 is 0.284 bits per heavy atom. The summed E-state index contributed by atoms with van der Waals surface area (Å²) in [6.45, 7) is 0. The van der Waals surface area contributed by atoms with Gasteiger partial charge in [-0.15, -0.1) is 0 Å². The molecule has 0 N–H and O–H groups in total. The molecule has 0 fully saturated rings. The van der Waals surface area contributed by atoms with E-state index in [1.54, 1.807) is 0 Å². The largest absolute Gasteiger partial charge is 0.457 e. The van der Waals surface area contributed by atoms with Crippen molar-refractivity contribution in [3.05, 3.63) is 287 Å². The smallest absolute Gasteiger partial charge is 0.160 e. The first kappa shape index (κ1) is 37.7. The summed E-state index contributed by atoms with van der Waals surface area (Å²) in [5, 5.41) is 1.02. The van der Waals surface area contributed by atoms with E-state index in [0.29, 0.717) is 5.82 Å². The van der Waals surface area contributed by atoms with Gasteiger partial charge in [0.15, 0.2) is 5.82 Å². The average molecular weight is 853 g/mol. The number of hydrogen-bond acceptors (Lipinski definition) is 3. The maximum Gasteiger partial charge on any atom is 0.160 e. The van der Waals surface area contributed by atoms with Crippen LogP contribution < -0.4 is 4.74 Å². The summed E-state index contributed by atoms with van der Waals surface area (Å²) in [4.78, 5) is 10.4. The van der Waals surface area contributed by atoms with Crippen molar-refractivity contribution in [2.24, 2.45) is 0 Å². The van der Waals surface area contributed by atoms with E-state index in [9.17, 15) is 0 Å². The average Bonchev–Trinajstić information content (AvgIpc) is 3.70. The molecule has 3 heteroatoms. The lowest BCUT2D eigenvalue weighted by atomic mass is 9.51. The van der Waals surface area contributed by atoms with Gasteiger partial charge in [0.2, 0.25) is 0 Å². The number of benzene rings is 10. The first-order chi connectivity index (χ1) is 33.2. The molecule has 0 unspecified atom stereocenters. The summed E-state index contributed by atoms with van der Waals surface area (Å²) in [7, 11) is 0. The van der Waals surface area contributed by atoms with Crippen LogP contribution in [0.5, 0.6) is 11.5 Å². The molecule has 1 aromatic heterocycles. The van der Waals surface area contributed by atoms with E-state index in [1.807, 2.05) is 12.1 Å². The predicted octanol–water partition coefficient (Wildman–Crippen LogP) is 15.5. The zero-order chi connectivity index (χ0) is 44.1. The van der Waals surface area contributed by atoms with Gasteiger partial charge in [-0.1, -0.05) is 218 Å². The molecular weight excluding hydrogens is 813 g/mol. The molecule has 3 nitrogen and oxygen atoms in total. The summed E-state index contributed by atoms with van der Waals surface area (Å²) >= 11 is 0. The van der Waals surface area contributed by atoms with Crippen LogP contribution in [0.15, 0.2) is 243 Å². The summed E-state index contributed by atoms with van der Waals surface area (Å²) in [5.41, 5.74) is 19.8. The van der Waals surface area contributed by atoms with Crippen molar-refractivity contribution >= 4 is 10.9 Å². The Labute approximate surface area is 389 Å². The number of hydrogen-bond donors (Lipinski definition) is 0. The number of fused-ring (bicyclic) bond motifs is 16. The number of para-hydroxylation sites is 2. The molecule has 1 aliphatic heterocycles. The Morgan fingerprint density at radius 2 is 0.746 bits per heavy atom. The topological polar surface area (TPSA) is 35.0 Å². The summed E-state index contributed by atoms with van der Waals surface area (Å²) in [6.07, 6.45) is 0. The fraction of sp³-hybridized carbons (Fsp3) is 0.0312. The van der Waals surface area contributed by atoms with Crippen LogP contribution in [-0.2, 0) is 10.8 Å². The Kier molecular flexibility index (Phi) is 8.11. The Morgan fingerprint density at radius 3 is 1.43 bits per heavy atom. The first-order valence-electron chi connectivity index (χ1n) is 23.1. The Bertz CT molecular complexity index is 3700. The Hall–Kier alpha value is -8.66. The monoisotopic (exact) mass is 852 g/mol. The van der Waals surface area contributed by atoms with Crippen molar-refractivity contribution in [3.63, 3.8) is 0 Å². The van der Waals surface area contributed by atoms with Gasteiger partial charge in [0.25, 0.3) is 0 Å². The third kappa shape index (κ3) is 5.28. The van der Waals surface area contributed by atoms with E-state index >= 15 is 0 Å². The van der Waals surface area contributed by atoms with Crippen molar-refractivity contribution in [1.82, 2.24) is 9.97 Å².